The lowest BCUT2D eigenvalue weighted by Gasteiger charge is -2.39. The van der Waals surface area contributed by atoms with Gasteiger partial charge in [-0.1, -0.05) is 60.7 Å². The number of hydrogen-bond donors (Lipinski definition) is 0. The van der Waals surface area contributed by atoms with Crippen molar-refractivity contribution in [3.05, 3.63) is 71.8 Å². The summed E-state index contributed by atoms with van der Waals surface area (Å²) in [6.45, 7) is 4.23. The van der Waals surface area contributed by atoms with Gasteiger partial charge in [-0.05, 0) is 30.4 Å². The van der Waals surface area contributed by atoms with Gasteiger partial charge in [-0.3, -0.25) is 4.79 Å². The molecule has 2 aliphatic heterocycles. The Morgan fingerprint density at radius 3 is 1.63 bits per heavy atom. The van der Waals surface area contributed by atoms with E-state index in [0.717, 1.165) is 37.1 Å². The summed E-state index contributed by atoms with van der Waals surface area (Å²) in [7, 11) is 0. The Kier molecular flexibility index (Phi) is 6.67. The number of hydrogen-bond acceptors (Lipinski definition) is 2. The molecule has 3 amide bonds. The number of amides is 3. The highest BCUT2D eigenvalue weighted by atomic mass is 16.2. The molecule has 2 heterocycles. The van der Waals surface area contributed by atoms with Gasteiger partial charge in [0.05, 0.1) is 0 Å². The predicted molar refractivity (Wildman–Crippen MR) is 118 cm³/mol. The lowest BCUT2D eigenvalue weighted by molar-refractivity contribution is -0.132. The second-order valence-electron chi connectivity index (χ2n) is 8.28. The van der Waals surface area contributed by atoms with Crippen LogP contribution >= 0.6 is 0 Å². The molecule has 2 aromatic rings. The molecule has 0 saturated carbocycles. The zero-order valence-electron chi connectivity index (χ0n) is 17.6. The summed E-state index contributed by atoms with van der Waals surface area (Å²) in [6, 6.07) is 20.7. The molecule has 2 saturated heterocycles. The molecule has 5 heteroatoms. The van der Waals surface area contributed by atoms with Gasteiger partial charge < -0.3 is 14.7 Å². The van der Waals surface area contributed by atoms with E-state index in [-0.39, 0.29) is 17.9 Å². The Labute approximate surface area is 179 Å². The van der Waals surface area contributed by atoms with Crippen LogP contribution in [0.5, 0.6) is 0 Å². The largest absolute Gasteiger partial charge is 0.339 e. The maximum absolute atomic E-state index is 13.1. The summed E-state index contributed by atoms with van der Waals surface area (Å²) in [5.74, 6) is 0.214. The van der Waals surface area contributed by atoms with Gasteiger partial charge in [0.2, 0.25) is 5.91 Å². The lowest BCUT2D eigenvalue weighted by Crippen LogP contribution is -2.54. The Morgan fingerprint density at radius 2 is 1.10 bits per heavy atom. The quantitative estimate of drug-likeness (QED) is 0.773. The molecule has 5 nitrogen and oxygen atoms in total. The van der Waals surface area contributed by atoms with Crippen LogP contribution in [0.25, 0.3) is 0 Å². The van der Waals surface area contributed by atoms with Gasteiger partial charge in [0.1, 0.15) is 0 Å². The van der Waals surface area contributed by atoms with E-state index in [9.17, 15) is 9.59 Å². The second-order valence-corrected chi connectivity index (χ2v) is 8.28. The van der Waals surface area contributed by atoms with Crippen LogP contribution in [-0.2, 0) is 4.79 Å². The van der Waals surface area contributed by atoms with Crippen LogP contribution in [-0.4, -0.2) is 65.9 Å². The molecule has 2 aromatic carbocycles. The number of piperidine rings is 1. The molecule has 0 atom stereocenters. The monoisotopic (exact) mass is 405 g/mol. The first-order valence-electron chi connectivity index (χ1n) is 11.1. The van der Waals surface area contributed by atoms with Gasteiger partial charge in [-0.25, -0.2) is 4.79 Å². The number of benzene rings is 2. The minimum absolute atomic E-state index is 0.0490. The van der Waals surface area contributed by atoms with Crippen LogP contribution in [0.15, 0.2) is 60.7 Å². The van der Waals surface area contributed by atoms with Crippen molar-refractivity contribution in [2.75, 3.05) is 39.3 Å². The van der Waals surface area contributed by atoms with Crippen molar-refractivity contribution in [1.29, 1.82) is 0 Å². The fraction of sp³-hybridized carbons (Fsp3) is 0.440. The van der Waals surface area contributed by atoms with Crippen molar-refractivity contribution in [3.63, 3.8) is 0 Å². The maximum Gasteiger partial charge on any atom is 0.320 e. The summed E-state index contributed by atoms with van der Waals surface area (Å²) >= 11 is 0. The van der Waals surface area contributed by atoms with Crippen LogP contribution < -0.4 is 0 Å². The van der Waals surface area contributed by atoms with Crippen molar-refractivity contribution in [2.45, 2.75) is 31.6 Å². The number of urea groups is 1. The lowest BCUT2D eigenvalue weighted by atomic mass is 9.88. The Balaban J connectivity index is 1.37. The van der Waals surface area contributed by atoms with Crippen molar-refractivity contribution in [3.8, 4) is 0 Å². The minimum atomic E-state index is 0.0490. The van der Waals surface area contributed by atoms with Crippen molar-refractivity contribution in [1.82, 2.24) is 14.7 Å². The number of piperazine rings is 1. The summed E-state index contributed by atoms with van der Waals surface area (Å²) < 4.78 is 0. The minimum Gasteiger partial charge on any atom is -0.339 e. The topological polar surface area (TPSA) is 43.9 Å². The molecule has 0 aliphatic carbocycles. The number of carbonyl (C=O) groups is 2. The summed E-state index contributed by atoms with van der Waals surface area (Å²) in [4.78, 5) is 31.7. The number of rotatable bonds is 4. The third-order valence-corrected chi connectivity index (χ3v) is 6.31. The Hall–Kier alpha value is -2.82. The molecule has 2 aliphatic rings. The number of carbonyl (C=O) groups excluding carboxylic acids is 2. The second kappa shape index (κ2) is 9.79. The summed E-state index contributed by atoms with van der Waals surface area (Å²) in [6.07, 6.45) is 3.87. The summed E-state index contributed by atoms with van der Waals surface area (Å²) in [5.41, 5.74) is 2.33. The first-order valence-corrected chi connectivity index (χ1v) is 11.1. The van der Waals surface area contributed by atoms with Crippen LogP contribution in [0.4, 0.5) is 4.79 Å². The van der Waals surface area contributed by atoms with E-state index in [0.29, 0.717) is 32.6 Å². The molecule has 30 heavy (non-hydrogen) atoms. The standard InChI is InChI=1S/C25H31N3O2/c29-24(20-23(21-10-4-1-5-11-21)22-12-6-2-7-13-22)26-16-18-28(19-17-26)25(30)27-14-8-3-9-15-27/h1-2,4-7,10-13,23H,3,8-9,14-20H2. The fourth-order valence-corrected chi connectivity index (χ4v) is 4.53. The number of likely N-dealkylation sites (tertiary alicyclic amines) is 1. The van der Waals surface area contributed by atoms with Crippen molar-refractivity contribution >= 4 is 11.9 Å². The SMILES string of the molecule is O=C(CC(c1ccccc1)c1ccccc1)N1CCN(C(=O)N2CCCCC2)CC1. The molecule has 4 rings (SSSR count). The zero-order valence-corrected chi connectivity index (χ0v) is 17.6. The zero-order chi connectivity index (χ0) is 20.8. The van der Waals surface area contributed by atoms with Crippen molar-refractivity contribution in [2.24, 2.45) is 0 Å². The average molecular weight is 406 g/mol. The van der Waals surface area contributed by atoms with Crippen LogP contribution in [0, 0.1) is 0 Å². The highest BCUT2D eigenvalue weighted by Gasteiger charge is 2.29. The predicted octanol–water partition coefficient (Wildman–Crippen LogP) is 3.96. The van der Waals surface area contributed by atoms with Gasteiger partial charge in [-0.15, -0.1) is 0 Å². The maximum atomic E-state index is 13.1. The fourth-order valence-electron chi connectivity index (χ4n) is 4.53. The molecule has 0 radical (unpaired) electrons. The van der Waals surface area contributed by atoms with Gasteiger partial charge in [0, 0.05) is 51.6 Å². The normalized spacial score (nSPS) is 17.3. The first kappa shape index (κ1) is 20.5. The van der Waals surface area contributed by atoms with E-state index < -0.39 is 0 Å². The molecule has 0 spiro atoms. The molecule has 2 fully saturated rings. The van der Waals surface area contributed by atoms with E-state index in [1.54, 1.807) is 0 Å². The smallest absolute Gasteiger partial charge is 0.320 e. The van der Waals surface area contributed by atoms with Crippen LogP contribution in [0.3, 0.4) is 0 Å². The van der Waals surface area contributed by atoms with Crippen molar-refractivity contribution < 1.29 is 9.59 Å². The molecular formula is C25H31N3O2. The van der Waals surface area contributed by atoms with E-state index in [1.807, 2.05) is 51.1 Å². The highest BCUT2D eigenvalue weighted by Crippen LogP contribution is 2.28. The Morgan fingerprint density at radius 1 is 0.633 bits per heavy atom. The van der Waals surface area contributed by atoms with E-state index in [2.05, 4.69) is 24.3 Å². The van der Waals surface area contributed by atoms with E-state index in [1.165, 1.54) is 6.42 Å². The Bertz CT molecular complexity index is 786. The van der Waals surface area contributed by atoms with Gasteiger partial charge in [0.25, 0.3) is 0 Å². The molecule has 0 bridgehead atoms. The van der Waals surface area contributed by atoms with Crippen LogP contribution in [0.1, 0.15) is 42.7 Å². The molecule has 0 aromatic heterocycles. The van der Waals surface area contributed by atoms with Gasteiger partial charge in [-0.2, -0.15) is 0 Å². The third-order valence-electron chi connectivity index (χ3n) is 6.31. The molecule has 0 N–H and O–H groups in total. The first-order chi connectivity index (χ1) is 14.7. The number of nitrogens with zero attached hydrogens (tertiary/aromatic N) is 3. The molecule has 158 valence electrons. The summed E-state index contributed by atoms with van der Waals surface area (Å²) in [5, 5.41) is 0. The van der Waals surface area contributed by atoms with Crippen LogP contribution in [0.2, 0.25) is 0 Å². The van der Waals surface area contributed by atoms with Gasteiger partial charge in [0.15, 0.2) is 0 Å². The third kappa shape index (κ3) is 4.84. The van der Waals surface area contributed by atoms with E-state index >= 15 is 0 Å². The van der Waals surface area contributed by atoms with E-state index in [4.69, 9.17) is 0 Å². The average Bonchev–Trinajstić information content (AvgIpc) is 2.83. The highest BCUT2D eigenvalue weighted by molar-refractivity contribution is 5.79. The molecular weight excluding hydrogens is 374 g/mol. The molecule has 0 unspecified atom stereocenters. The van der Waals surface area contributed by atoms with Gasteiger partial charge >= 0.3 is 6.03 Å².